The lowest BCUT2D eigenvalue weighted by molar-refractivity contribution is -0.109. The van der Waals surface area contributed by atoms with Crippen LogP contribution in [0, 0.1) is 6.92 Å². The number of fused-ring (bicyclic) bond motifs is 1. The summed E-state index contributed by atoms with van der Waals surface area (Å²) in [5.74, 6) is 0. The highest BCUT2D eigenvalue weighted by atomic mass is 16.1. The number of carbonyl (C=O) groups is 1. The molecule has 1 amide bonds. The van der Waals surface area contributed by atoms with Crippen LogP contribution in [-0.2, 0) is 11.3 Å². The molecule has 5 heteroatoms. The van der Waals surface area contributed by atoms with Gasteiger partial charge in [0, 0.05) is 25.7 Å². The molecule has 1 aliphatic rings. The molecule has 0 radical (unpaired) electrons. The van der Waals surface area contributed by atoms with E-state index in [-0.39, 0.29) is 0 Å². The summed E-state index contributed by atoms with van der Waals surface area (Å²) in [5, 5.41) is 6.74. The van der Waals surface area contributed by atoms with E-state index in [0.717, 1.165) is 18.8 Å². The Morgan fingerprint density at radius 2 is 2.11 bits per heavy atom. The number of aryl methyl sites for hydroxylation is 1. The van der Waals surface area contributed by atoms with Gasteiger partial charge in [-0.2, -0.15) is 5.10 Å². The van der Waals surface area contributed by atoms with Crippen molar-refractivity contribution < 1.29 is 4.79 Å². The van der Waals surface area contributed by atoms with Gasteiger partial charge in [0.05, 0.1) is 17.9 Å². The van der Waals surface area contributed by atoms with Gasteiger partial charge in [-0.15, -0.1) is 0 Å². The second-order valence-electron chi connectivity index (χ2n) is 4.85. The number of amides is 1. The Morgan fingerprint density at radius 3 is 2.61 bits per heavy atom. The largest absolute Gasteiger partial charge is 0.362 e. The molecule has 0 saturated carbocycles. The molecule has 1 aromatic heterocycles. The molecule has 1 aromatic rings. The highest BCUT2D eigenvalue weighted by molar-refractivity contribution is 5.44. The van der Waals surface area contributed by atoms with Gasteiger partial charge in [-0.1, -0.05) is 0 Å². The van der Waals surface area contributed by atoms with Gasteiger partial charge in [-0.25, -0.2) is 0 Å². The van der Waals surface area contributed by atoms with Crippen LogP contribution < -0.4 is 5.32 Å². The minimum absolute atomic E-state index is 0.505. The van der Waals surface area contributed by atoms with Gasteiger partial charge in [0.25, 0.3) is 0 Å². The zero-order valence-corrected chi connectivity index (χ0v) is 12.0. The van der Waals surface area contributed by atoms with Crippen molar-refractivity contribution >= 4 is 6.41 Å². The average Bonchev–Trinajstić information content (AvgIpc) is 2.71. The van der Waals surface area contributed by atoms with E-state index in [1.807, 2.05) is 0 Å². The van der Waals surface area contributed by atoms with E-state index >= 15 is 0 Å². The molecule has 102 valence electrons. The first kappa shape index (κ1) is 14.7. The molecule has 0 saturated heterocycles. The fourth-order valence-corrected chi connectivity index (χ4v) is 2.36. The molecule has 2 heterocycles. The van der Waals surface area contributed by atoms with E-state index in [1.54, 1.807) is 7.05 Å². The molecular formula is C13H24N4O. The summed E-state index contributed by atoms with van der Waals surface area (Å²) in [6.45, 7) is 11.0. The SMILES string of the molecule is CNC=O.Cc1cc2n(n1)CCN(C(C)C)C2C. The van der Waals surface area contributed by atoms with Crippen molar-refractivity contribution in [2.45, 2.75) is 46.3 Å². The highest BCUT2D eigenvalue weighted by Crippen LogP contribution is 2.26. The molecule has 2 rings (SSSR count). The van der Waals surface area contributed by atoms with E-state index in [4.69, 9.17) is 4.79 Å². The van der Waals surface area contributed by atoms with Crippen LogP contribution in [0.15, 0.2) is 6.07 Å². The molecule has 5 nitrogen and oxygen atoms in total. The second-order valence-corrected chi connectivity index (χ2v) is 4.85. The number of carbonyl (C=O) groups excluding carboxylic acids is 1. The third-order valence-corrected chi connectivity index (χ3v) is 3.21. The molecule has 0 aromatic carbocycles. The van der Waals surface area contributed by atoms with Gasteiger partial charge >= 0.3 is 0 Å². The molecule has 1 aliphatic heterocycles. The van der Waals surface area contributed by atoms with E-state index in [9.17, 15) is 0 Å². The van der Waals surface area contributed by atoms with Gasteiger partial charge in [0.2, 0.25) is 6.41 Å². The molecule has 0 spiro atoms. The second kappa shape index (κ2) is 6.54. The molecule has 1 unspecified atom stereocenters. The van der Waals surface area contributed by atoms with Crippen LogP contribution in [0.2, 0.25) is 0 Å². The van der Waals surface area contributed by atoms with Crippen LogP contribution in [0.25, 0.3) is 0 Å². The zero-order chi connectivity index (χ0) is 13.7. The summed E-state index contributed by atoms with van der Waals surface area (Å²) in [5.41, 5.74) is 2.50. The van der Waals surface area contributed by atoms with Crippen molar-refractivity contribution in [1.82, 2.24) is 20.0 Å². The predicted molar refractivity (Wildman–Crippen MR) is 72.3 cm³/mol. The minimum atomic E-state index is 0.505. The Morgan fingerprint density at radius 1 is 1.50 bits per heavy atom. The lowest BCUT2D eigenvalue weighted by Crippen LogP contribution is -2.41. The molecule has 0 aliphatic carbocycles. The highest BCUT2D eigenvalue weighted by Gasteiger charge is 2.26. The van der Waals surface area contributed by atoms with Crippen LogP contribution in [0.4, 0.5) is 0 Å². The Hall–Kier alpha value is -1.36. The number of hydrogen-bond acceptors (Lipinski definition) is 3. The maximum Gasteiger partial charge on any atom is 0.206 e. The standard InChI is InChI=1S/C11H19N3.C2H5NO/c1-8(2)13-5-6-14-11(10(13)4)7-9(3)12-14;1-3-2-4/h7-8,10H,5-6H2,1-4H3;2H,1H3,(H,3,4). The molecule has 1 atom stereocenters. The maximum atomic E-state index is 9.06. The minimum Gasteiger partial charge on any atom is -0.362 e. The van der Waals surface area contributed by atoms with Gasteiger partial charge < -0.3 is 5.32 Å². The first-order valence-corrected chi connectivity index (χ1v) is 6.42. The van der Waals surface area contributed by atoms with Crippen LogP contribution >= 0.6 is 0 Å². The van der Waals surface area contributed by atoms with Crippen LogP contribution in [0.5, 0.6) is 0 Å². The zero-order valence-electron chi connectivity index (χ0n) is 12.0. The molecule has 18 heavy (non-hydrogen) atoms. The van der Waals surface area contributed by atoms with Crippen molar-refractivity contribution in [3.05, 3.63) is 17.5 Å². The number of hydrogen-bond donors (Lipinski definition) is 1. The van der Waals surface area contributed by atoms with E-state index < -0.39 is 0 Å². The predicted octanol–water partition coefficient (Wildman–Crippen LogP) is 1.34. The summed E-state index contributed by atoms with van der Waals surface area (Å²) >= 11 is 0. The summed E-state index contributed by atoms with van der Waals surface area (Å²) in [4.78, 5) is 11.6. The molecule has 0 fully saturated rings. The van der Waals surface area contributed by atoms with E-state index in [0.29, 0.717) is 18.5 Å². The topological polar surface area (TPSA) is 50.2 Å². The Kier molecular flexibility index (Phi) is 5.34. The van der Waals surface area contributed by atoms with Crippen LogP contribution in [0.1, 0.15) is 38.2 Å². The fraction of sp³-hybridized carbons (Fsp3) is 0.692. The first-order chi connectivity index (χ1) is 8.51. The van der Waals surface area contributed by atoms with Crippen molar-refractivity contribution in [3.63, 3.8) is 0 Å². The van der Waals surface area contributed by atoms with Crippen LogP contribution in [-0.4, -0.2) is 40.7 Å². The number of rotatable bonds is 2. The van der Waals surface area contributed by atoms with Gasteiger partial charge in [-0.05, 0) is 33.8 Å². The average molecular weight is 252 g/mol. The van der Waals surface area contributed by atoms with Crippen LogP contribution in [0.3, 0.4) is 0 Å². The Bertz CT molecular complexity index is 386. The smallest absolute Gasteiger partial charge is 0.206 e. The fourth-order valence-electron chi connectivity index (χ4n) is 2.36. The van der Waals surface area contributed by atoms with Gasteiger partial charge in [-0.3, -0.25) is 14.4 Å². The van der Waals surface area contributed by atoms with Crippen molar-refractivity contribution in [2.24, 2.45) is 0 Å². The third kappa shape index (κ3) is 3.32. The number of aromatic nitrogens is 2. The quantitative estimate of drug-likeness (QED) is 0.808. The molecular weight excluding hydrogens is 228 g/mol. The molecule has 1 N–H and O–H groups in total. The van der Waals surface area contributed by atoms with Crippen molar-refractivity contribution in [1.29, 1.82) is 0 Å². The van der Waals surface area contributed by atoms with Gasteiger partial charge in [0.15, 0.2) is 0 Å². The lowest BCUT2D eigenvalue weighted by atomic mass is 10.1. The van der Waals surface area contributed by atoms with E-state index in [1.165, 1.54) is 5.69 Å². The monoisotopic (exact) mass is 252 g/mol. The molecule has 0 bridgehead atoms. The normalized spacial score (nSPS) is 18.9. The maximum absolute atomic E-state index is 9.06. The summed E-state index contributed by atoms with van der Waals surface area (Å²) < 4.78 is 2.15. The van der Waals surface area contributed by atoms with Crippen molar-refractivity contribution in [2.75, 3.05) is 13.6 Å². The Balaban J connectivity index is 0.000000357. The van der Waals surface area contributed by atoms with Gasteiger partial charge in [0.1, 0.15) is 0 Å². The summed E-state index contributed by atoms with van der Waals surface area (Å²) in [6, 6.07) is 3.33. The number of nitrogens with zero attached hydrogens (tertiary/aromatic N) is 3. The van der Waals surface area contributed by atoms with Crippen molar-refractivity contribution in [3.8, 4) is 0 Å². The lowest BCUT2D eigenvalue weighted by Gasteiger charge is -2.36. The first-order valence-electron chi connectivity index (χ1n) is 6.42. The summed E-state index contributed by atoms with van der Waals surface area (Å²) in [6.07, 6.45) is 0.625. The van der Waals surface area contributed by atoms with E-state index in [2.05, 4.69) is 53.8 Å². The summed E-state index contributed by atoms with van der Waals surface area (Å²) in [7, 11) is 1.56. The Labute approximate surface area is 109 Å². The third-order valence-electron chi connectivity index (χ3n) is 3.21. The number of nitrogens with one attached hydrogen (secondary N) is 1.